The summed E-state index contributed by atoms with van der Waals surface area (Å²) in [5.74, 6) is -2.05. The number of hydrogen-bond donors (Lipinski definition) is 4. The number of nitrogens with two attached hydrogens (primary N) is 1. The molecule has 2 amide bonds. The van der Waals surface area contributed by atoms with Gasteiger partial charge in [-0.3, -0.25) is 9.59 Å². The molecule has 0 aromatic carbocycles. The summed E-state index contributed by atoms with van der Waals surface area (Å²) in [5, 5.41) is 20.1. The standard InChI is InChI=1S/C8H10N2O5/c9-5(12)1-10-7(13)6-4(2-11)3-15-8(6)14/h3,11,14H,1-2H2,(H2,9,12)(H,10,13). The van der Waals surface area contributed by atoms with Gasteiger partial charge in [0.25, 0.3) is 11.9 Å². The Kier molecular flexibility index (Phi) is 3.29. The second kappa shape index (κ2) is 4.47. The number of nitrogens with one attached hydrogen (secondary N) is 1. The maximum Gasteiger partial charge on any atom is 0.295 e. The molecule has 15 heavy (non-hydrogen) atoms. The predicted molar refractivity (Wildman–Crippen MR) is 47.8 cm³/mol. The van der Waals surface area contributed by atoms with Crippen LogP contribution in [0.15, 0.2) is 10.7 Å². The topological polar surface area (TPSA) is 126 Å². The van der Waals surface area contributed by atoms with E-state index in [-0.39, 0.29) is 17.7 Å². The molecule has 0 fully saturated rings. The van der Waals surface area contributed by atoms with E-state index in [2.05, 4.69) is 9.73 Å². The van der Waals surface area contributed by atoms with Crippen molar-refractivity contribution in [1.82, 2.24) is 5.32 Å². The summed E-state index contributed by atoms with van der Waals surface area (Å²) in [4.78, 5) is 21.7. The third-order valence-electron chi connectivity index (χ3n) is 1.67. The van der Waals surface area contributed by atoms with Crippen molar-refractivity contribution >= 4 is 11.8 Å². The van der Waals surface area contributed by atoms with Gasteiger partial charge in [0.1, 0.15) is 11.8 Å². The van der Waals surface area contributed by atoms with Crippen LogP contribution in [0.5, 0.6) is 5.95 Å². The van der Waals surface area contributed by atoms with E-state index in [1.807, 2.05) is 0 Å². The normalized spacial score (nSPS) is 9.93. The van der Waals surface area contributed by atoms with Gasteiger partial charge in [0.2, 0.25) is 5.91 Å². The minimum Gasteiger partial charge on any atom is -0.480 e. The molecule has 0 bridgehead atoms. The van der Waals surface area contributed by atoms with Crippen molar-refractivity contribution < 1.29 is 24.2 Å². The van der Waals surface area contributed by atoms with E-state index in [4.69, 9.17) is 15.9 Å². The number of aromatic hydroxyl groups is 1. The molecule has 0 atom stereocenters. The van der Waals surface area contributed by atoms with Crippen LogP contribution in [-0.4, -0.2) is 28.6 Å². The van der Waals surface area contributed by atoms with Gasteiger partial charge in [-0.1, -0.05) is 0 Å². The summed E-state index contributed by atoms with van der Waals surface area (Å²) >= 11 is 0. The van der Waals surface area contributed by atoms with E-state index in [0.29, 0.717) is 0 Å². The monoisotopic (exact) mass is 214 g/mol. The van der Waals surface area contributed by atoms with Crippen LogP contribution in [0.3, 0.4) is 0 Å². The van der Waals surface area contributed by atoms with Crippen LogP contribution in [0.2, 0.25) is 0 Å². The fourth-order valence-corrected chi connectivity index (χ4v) is 0.997. The Bertz CT molecular complexity index is 384. The Balaban J connectivity index is 2.80. The molecule has 0 radical (unpaired) electrons. The molecule has 0 saturated carbocycles. The van der Waals surface area contributed by atoms with Crippen LogP contribution in [-0.2, 0) is 11.4 Å². The lowest BCUT2D eigenvalue weighted by molar-refractivity contribution is -0.117. The molecule has 1 aromatic heterocycles. The van der Waals surface area contributed by atoms with Gasteiger partial charge in [-0.15, -0.1) is 0 Å². The van der Waals surface area contributed by atoms with Crippen molar-refractivity contribution in [3.63, 3.8) is 0 Å². The second-order valence-electron chi connectivity index (χ2n) is 2.75. The Hall–Kier alpha value is -2.02. The number of carbonyl (C=O) groups excluding carboxylic acids is 2. The second-order valence-corrected chi connectivity index (χ2v) is 2.75. The molecule has 0 spiro atoms. The zero-order valence-corrected chi connectivity index (χ0v) is 7.69. The number of furan rings is 1. The van der Waals surface area contributed by atoms with Gasteiger partial charge in [0.05, 0.1) is 13.2 Å². The summed E-state index contributed by atoms with van der Waals surface area (Å²) in [5.41, 5.74) is 4.75. The van der Waals surface area contributed by atoms with Gasteiger partial charge in [0.15, 0.2) is 0 Å². The molecule has 0 aliphatic rings. The maximum atomic E-state index is 11.4. The molecule has 82 valence electrons. The van der Waals surface area contributed by atoms with Crippen LogP contribution in [0.25, 0.3) is 0 Å². The number of primary amides is 1. The summed E-state index contributed by atoms with van der Waals surface area (Å²) in [6.07, 6.45) is 1.05. The van der Waals surface area contributed by atoms with E-state index >= 15 is 0 Å². The van der Waals surface area contributed by atoms with Crippen molar-refractivity contribution in [3.05, 3.63) is 17.4 Å². The molecule has 0 unspecified atom stereocenters. The molecule has 0 aliphatic heterocycles. The van der Waals surface area contributed by atoms with Gasteiger partial charge in [0, 0.05) is 5.56 Å². The van der Waals surface area contributed by atoms with Crippen molar-refractivity contribution in [1.29, 1.82) is 0 Å². The lowest BCUT2D eigenvalue weighted by Gasteiger charge is -2.01. The first-order chi connectivity index (χ1) is 7.06. The molecule has 7 nitrogen and oxygen atoms in total. The van der Waals surface area contributed by atoms with Gasteiger partial charge < -0.3 is 25.7 Å². The van der Waals surface area contributed by atoms with Crippen LogP contribution in [0, 0.1) is 0 Å². The lowest BCUT2D eigenvalue weighted by atomic mass is 10.2. The van der Waals surface area contributed by atoms with E-state index in [1.165, 1.54) is 0 Å². The third kappa shape index (κ3) is 2.47. The molecule has 1 heterocycles. The first-order valence-corrected chi connectivity index (χ1v) is 4.03. The van der Waals surface area contributed by atoms with Gasteiger partial charge in [-0.25, -0.2) is 0 Å². The molecule has 0 saturated heterocycles. The smallest absolute Gasteiger partial charge is 0.295 e. The number of carbonyl (C=O) groups is 2. The van der Waals surface area contributed by atoms with Gasteiger partial charge >= 0.3 is 0 Å². The van der Waals surface area contributed by atoms with E-state index in [9.17, 15) is 9.59 Å². The highest BCUT2D eigenvalue weighted by molar-refractivity contribution is 5.99. The quantitative estimate of drug-likeness (QED) is 0.495. The van der Waals surface area contributed by atoms with E-state index < -0.39 is 24.4 Å². The Morgan fingerprint density at radius 2 is 2.20 bits per heavy atom. The van der Waals surface area contributed by atoms with Crippen LogP contribution in [0.4, 0.5) is 0 Å². The molecular weight excluding hydrogens is 204 g/mol. The molecule has 1 rings (SSSR count). The highest BCUT2D eigenvalue weighted by Gasteiger charge is 2.20. The summed E-state index contributed by atoms with van der Waals surface area (Å²) < 4.78 is 4.53. The fraction of sp³-hybridized carbons (Fsp3) is 0.250. The minimum atomic E-state index is -0.732. The molecule has 7 heteroatoms. The van der Waals surface area contributed by atoms with Crippen molar-refractivity contribution in [2.45, 2.75) is 6.61 Å². The number of hydrogen-bond acceptors (Lipinski definition) is 5. The molecule has 1 aromatic rings. The first-order valence-electron chi connectivity index (χ1n) is 4.03. The largest absolute Gasteiger partial charge is 0.480 e. The Labute approximate surface area is 84.5 Å². The third-order valence-corrected chi connectivity index (χ3v) is 1.67. The van der Waals surface area contributed by atoms with Gasteiger partial charge in [-0.05, 0) is 0 Å². The fourth-order valence-electron chi connectivity index (χ4n) is 0.997. The SMILES string of the molecule is NC(=O)CNC(=O)c1c(CO)coc1O. The lowest BCUT2D eigenvalue weighted by Crippen LogP contribution is -2.33. The first kappa shape index (κ1) is 11.1. The Morgan fingerprint density at radius 1 is 1.53 bits per heavy atom. The van der Waals surface area contributed by atoms with Crippen LogP contribution >= 0.6 is 0 Å². The molecule has 5 N–H and O–H groups in total. The number of amides is 2. The highest BCUT2D eigenvalue weighted by Crippen LogP contribution is 2.23. The Morgan fingerprint density at radius 3 is 2.73 bits per heavy atom. The number of rotatable bonds is 4. The average Bonchev–Trinajstić information content (AvgIpc) is 2.56. The van der Waals surface area contributed by atoms with Crippen LogP contribution < -0.4 is 11.1 Å². The van der Waals surface area contributed by atoms with Crippen LogP contribution in [0.1, 0.15) is 15.9 Å². The predicted octanol–water partition coefficient (Wildman–Crippen LogP) is -1.31. The molecular formula is C8H10N2O5. The van der Waals surface area contributed by atoms with Gasteiger partial charge in [-0.2, -0.15) is 0 Å². The summed E-state index contributed by atoms with van der Waals surface area (Å²) in [6.45, 7) is -0.808. The number of aliphatic hydroxyl groups excluding tert-OH is 1. The zero-order valence-electron chi connectivity index (χ0n) is 7.69. The average molecular weight is 214 g/mol. The molecule has 0 aliphatic carbocycles. The van der Waals surface area contributed by atoms with E-state index in [0.717, 1.165) is 6.26 Å². The number of aliphatic hydroxyl groups is 1. The maximum absolute atomic E-state index is 11.4. The minimum absolute atomic E-state index is 0.134. The van der Waals surface area contributed by atoms with Crippen molar-refractivity contribution in [2.24, 2.45) is 5.73 Å². The summed E-state index contributed by atoms with van der Waals surface area (Å²) in [6, 6.07) is 0. The zero-order chi connectivity index (χ0) is 11.4. The summed E-state index contributed by atoms with van der Waals surface area (Å²) in [7, 11) is 0. The van der Waals surface area contributed by atoms with E-state index in [1.54, 1.807) is 0 Å². The van der Waals surface area contributed by atoms with Crippen molar-refractivity contribution in [3.8, 4) is 5.95 Å². The highest BCUT2D eigenvalue weighted by atomic mass is 16.5. The van der Waals surface area contributed by atoms with Crippen molar-refractivity contribution in [2.75, 3.05) is 6.54 Å².